The highest BCUT2D eigenvalue weighted by molar-refractivity contribution is 5.60. The number of hydrogen-bond acceptors (Lipinski definition) is 4. The molecule has 0 amide bonds. The quantitative estimate of drug-likeness (QED) is 0.464. The van der Waals surface area contributed by atoms with Crippen molar-refractivity contribution in [1.82, 2.24) is 0 Å². The van der Waals surface area contributed by atoms with E-state index in [9.17, 15) is 0 Å². The molecule has 0 saturated carbocycles. The van der Waals surface area contributed by atoms with Crippen LogP contribution in [0, 0.1) is 0 Å². The lowest BCUT2D eigenvalue weighted by molar-refractivity contribution is 0.368. The van der Waals surface area contributed by atoms with Crippen molar-refractivity contribution in [2.24, 2.45) is 5.73 Å². The van der Waals surface area contributed by atoms with Crippen LogP contribution in [0.4, 0.5) is 0 Å². The summed E-state index contributed by atoms with van der Waals surface area (Å²) in [5.41, 5.74) is 5.61. The van der Waals surface area contributed by atoms with Crippen LogP contribution in [0.2, 0.25) is 0 Å². The van der Waals surface area contributed by atoms with Gasteiger partial charge in [-0.1, -0.05) is 0 Å². The van der Waals surface area contributed by atoms with Gasteiger partial charge in [0.2, 0.25) is 0 Å². The monoisotopic (exact) mass is 167 g/mol. The lowest BCUT2D eigenvalue weighted by Gasteiger charge is -2.01. The Morgan fingerprint density at radius 2 is 1.58 bits per heavy atom. The van der Waals surface area contributed by atoms with Gasteiger partial charge in [0.15, 0.2) is 17.2 Å². The van der Waals surface area contributed by atoms with Crippen LogP contribution in [-0.4, -0.2) is 15.3 Å². The van der Waals surface area contributed by atoms with Crippen LogP contribution in [0.1, 0.15) is 5.56 Å². The van der Waals surface area contributed by atoms with Crippen LogP contribution in [-0.2, 0) is 0 Å². The van der Waals surface area contributed by atoms with E-state index in [2.05, 4.69) is 0 Å². The average molecular weight is 167 g/mol. The zero-order chi connectivity index (χ0) is 9.14. The van der Waals surface area contributed by atoms with Gasteiger partial charge in [-0.05, 0) is 30.0 Å². The number of phenols is 3. The molecule has 0 aliphatic carbocycles. The highest BCUT2D eigenvalue weighted by atomic mass is 16.3. The van der Waals surface area contributed by atoms with E-state index in [1.54, 1.807) is 0 Å². The number of rotatable bonds is 1. The number of aromatic hydroxyl groups is 3. The van der Waals surface area contributed by atoms with Crippen LogP contribution in [0.15, 0.2) is 18.3 Å². The molecule has 0 aliphatic heterocycles. The predicted octanol–water partition coefficient (Wildman–Crippen LogP) is 0.733. The van der Waals surface area contributed by atoms with E-state index < -0.39 is 5.75 Å². The van der Waals surface area contributed by atoms with Crippen molar-refractivity contribution >= 4 is 6.08 Å². The van der Waals surface area contributed by atoms with Gasteiger partial charge in [0, 0.05) is 0 Å². The van der Waals surface area contributed by atoms with Crippen molar-refractivity contribution in [3.05, 3.63) is 23.9 Å². The van der Waals surface area contributed by atoms with E-state index in [4.69, 9.17) is 21.1 Å². The Morgan fingerprint density at radius 1 is 1.08 bits per heavy atom. The van der Waals surface area contributed by atoms with Crippen molar-refractivity contribution in [2.75, 3.05) is 0 Å². The molecule has 0 spiro atoms. The summed E-state index contributed by atoms with van der Waals surface area (Å²) in [6.45, 7) is 0. The third-order valence-electron chi connectivity index (χ3n) is 1.38. The van der Waals surface area contributed by atoms with Crippen LogP contribution in [0.3, 0.4) is 0 Å². The molecule has 0 aliphatic rings. The highest BCUT2D eigenvalue weighted by Crippen LogP contribution is 2.35. The molecule has 1 aromatic carbocycles. The number of hydrogen-bond donors (Lipinski definition) is 4. The Kier molecular flexibility index (Phi) is 2.09. The van der Waals surface area contributed by atoms with Gasteiger partial charge >= 0.3 is 0 Å². The Balaban J connectivity index is 3.21. The second kappa shape index (κ2) is 3.04. The summed E-state index contributed by atoms with van der Waals surface area (Å²) < 4.78 is 0. The van der Waals surface area contributed by atoms with Gasteiger partial charge in [0.05, 0.1) is 0 Å². The van der Waals surface area contributed by atoms with Crippen LogP contribution >= 0.6 is 0 Å². The van der Waals surface area contributed by atoms with E-state index >= 15 is 0 Å². The summed E-state index contributed by atoms with van der Waals surface area (Å²) in [6, 6.07) is 2.58. The first kappa shape index (κ1) is 8.26. The standard InChI is InChI=1S/C8H9NO3/c9-2-1-5-3-6(10)8(12)7(11)4-5/h1-4,10-12H,9H2/b2-1-. The molecular weight excluding hydrogens is 158 g/mol. The van der Waals surface area contributed by atoms with E-state index in [-0.39, 0.29) is 11.5 Å². The second-order valence-electron chi connectivity index (χ2n) is 2.27. The molecule has 4 nitrogen and oxygen atoms in total. The zero-order valence-electron chi connectivity index (χ0n) is 6.23. The van der Waals surface area contributed by atoms with E-state index in [0.717, 1.165) is 0 Å². The van der Waals surface area contributed by atoms with Gasteiger partial charge in [0.25, 0.3) is 0 Å². The maximum absolute atomic E-state index is 9.02. The normalized spacial score (nSPS) is 10.7. The van der Waals surface area contributed by atoms with E-state index in [1.807, 2.05) is 0 Å². The van der Waals surface area contributed by atoms with Crippen molar-refractivity contribution in [1.29, 1.82) is 0 Å². The molecule has 0 saturated heterocycles. The lowest BCUT2D eigenvalue weighted by atomic mass is 10.2. The van der Waals surface area contributed by atoms with Gasteiger partial charge in [-0.3, -0.25) is 0 Å². The molecule has 0 aromatic heterocycles. The van der Waals surface area contributed by atoms with E-state index in [1.165, 1.54) is 24.4 Å². The first-order valence-electron chi connectivity index (χ1n) is 3.28. The fraction of sp³-hybridized carbons (Fsp3) is 0. The summed E-state index contributed by atoms with van der Waals surface area (Å²) >= 11 is 0. The summed E-state index contributed by atoms with van der Waals surface area (Å²) in [5.74, 6) is -1.27. The Bertz CT molecular complexity index is 297. The minimum atomic E-state index is -0.524. The number of phenolic OH excluding ortho intramolecular Hbond substituents is 3. The Morgan fingerprint density at radius 3 is 2.00 bits per heavy atom. The molecule has 0 unspecified atom stereocenters. The molecule has 0 atom stereocenters. The van der Waals surface area contributed by atoms with Gasteiger partial charge in [-0.25, -0.2) is 0 Å². The second-order valence-corrected chi connectivity index (χ2v) is 2.27. The molecule has 0 bridgehead atoms. The average Bonchev–Trinajstić information content (AvgIpc) is 2.01. The van der Waals surface area contributed by atoms with Crippen molar-refractivity contribution in [3.63, 3.8) is 0 Å². The minimum absolute atomic E-state index is 0.372. The Hall–Kier alpha value is -1.84. The number of benzene rings is 1. The predicted molar refractivity (Wildman–Crippen MR) is 44.7 cm³/mol. The number of nitrogens with two attached hydrogens (primary N) is 1. The van der Waals surface area contributed by atoms with E-state index in [0.29, 0.717) is 5.56 Å². The van der Waals surface area contributed by atoms with Crippen LogP contribution in [0.25, 0.3) is 6.08 Å². The molecule has 1 aromatic rings. The summed E-state index contributed by atoms with van der Waals surface area (Å²) in [5, 5.41) is 27.0. The first-order chi connectivity index (χ1) is 5.65. The van der Waals surface area contributed by atoms with Gasteiger partial charge < -0.3 is 21.1 Å². The molecule has 4 heteroatoms. The zero-order valence-corrected chi connectivity index (χ0v) is 6.23. The van der Waals surface area contributed by atoms with Crippen molar-refractivity contribution in [3.8, 4) is 17.2 Å². The topological polar surface area (TPSA) is 86.7 Å². The SMILES string of the molecule is N/C=C\c1cc(O)c(O)c(O)c1. The third-order valence-corrected chi connectivity index (χ3v) is 1.38. The van der Waals surface area contributed by atoms with Crippen LogP contribution in [0.5, 0.6) is 17.2 Å². The molecule has 0 radical (unpaired) electrons. The fourth-order valence-corrected chi connectivity index (χ4v) is 0.833. The maximum atomic E-state index is 9.02. The third kappa shape index (κ3) is 1.42. The summed E-state index contributed by atoms with van der Waals surface area (Å²) in [4.78, 5) is 0. The van der Waals surface area contributed by atoms with Gasteiger partial charge in [-0.15, -0.1) is 0 Å². The van der Waals surface area contributed by atoms with Gasteiger partial charge in [0.1, 0.15) is 0 Å². The highest BCUT2D eigenvalue weighted by Gasteiger charge is 2.05. The smallest absolute Gasteiger partial charge is 0.200 e. The summed E-state index contributed by atoms with van der Waals surface area (Å²) in [6.07, 6.45) is 2.75. The maximum Gasteiger partial charge on any atom is 0.200 e. The molecule has 5 N–H and O–H groups in total. The van der Waals surface area contributed by atoms with Gasteiger partial charge in [-0.2, -0.15) is 0 Å². The molecule has 0 fully saturated rings. The van der Waals surface area contributed by atoms with Crippen molar-refractivity contribution in [2.45, 2.75) is 0 Å². The molecular formula is C8H9NO3. The summed E-state index contributed by atoms with van der Waals surface area (Å²) in [7, 11) is 0. The fourth-order valence-electron chi connectivity index (χ4n) is 0.833. The minimum Gasteiger partial charge on any atom is -0.504 e. The molecule has 0 heterocycles. The lowest BCUT2D eigenvalue weighted by Crippen LogP contribution is -1.79. The van der Waals surface area contributed by atoms with Crippen molar-refractivity contribution < 1.29 is 15.3 Å². The molecule has 1 rings (SSSR count). The molecule has 64 valence electrons. The van der Waals surface area contributed by atoms with Crippen LogP contribution < -0.4 is 5.73 Å². The first-order valence-corrected chi connectivity index (χ1v) is 3.28. The largest absolute Gasteiger partial charge is 0.504 e. The molecule has 12 heavy (non-hydrogen) atoms. The Labute approximate surface area is 69.2 Å².